The van der Waals surface area contributed by atoms with Gasteiger partial charge in [0.15, 0.2) is 12.6 Å². The summed E-state index contributed by atoms with van der Waals surface area (Å²) in [5.41, 5.74) is 0. The van der Waals surface area contributed by atoms with Gasteiger partial charge in [0.25, 0.3) is 0 Å². The van der Waals surface area contributed by atoms with Crippen LogP contribution in [0.1, 0.15) is 74.1 Å². The molecule has 7 nitrogen and oxygen atoms in total. The van der Waals surface area contributed by atoms with Gasteiger partial charge >= 0.3 is 25.1 Å². The van der Waals surface area contributed by atoms with E-state index in [-0.39, 0.29) is 48.8 Å². The van der Waals surface area contributed by atoms with Crippen molar-refractivity contribution in [3.63, 3.8) is 0 Å². The van der Waals surface area contributed by atoms with Crippen LogP contribution in [0.5, 0.6) is 0 Å². The van der Waals surface area contributed by atoms with Crippen molar-refractivity contribution >= 4 is 21.0 Å². The molecule has 2 N–H and O–H groups in total. The molecule has 2 heterocycles. The molecule has 7 unspecified atom stereocenters. The molecule has 196 valence electrons. The number of hydrogen-bond acceptors (Lipinski definition) is 7. The Kier molecular flexibility index (Phi) is 14.5. The third-order valence-corrected chi connectivity index (χ3v) is 6.98. The van der Waals surface area contributed by atoms with Crippen LogP contribution in [-0.2, 0) is 18.9 Å². The van der Waals surface area contributed by atoms with Gasteiger partial charge in [-0.15, -0.1) is 0 Å². The van der Waals surface area contributed by atoms with Crippen molar-refractivity contribution in [2.45, 2.75) is 123 Å². The number of rotatable bonds is 9. The Hall–Kier alpha value is 0.148. The molecular formula is C25H50AsNO6. The van der Waals surface area contributed by atoms with Crippen molar-refractivity contribution in [2.75, 3.05) is 14.1 Å². The van der Waals surface area contributed by atoms with E-state index < -0.39 is 21.8 Å². The average molecular weight is 536 g/mol. The van der Waals surface area contributed by atoms with Crippen molar-refractivity contribution in [3.8, 4) is 0 Å². The molecule has 0 aromatic heterocycles. The van der Waals surface area contributed by atoms with Crippen molar-refractivity contribution in [2.24, 2.45) is 17.8 Å². The Labute approximate surface area is 209 Å². The van der Waals surface area contributed by atoms with Crippen molar-refractivity contribution in [1.82, 2.24) is 4.90 Å². The Morgan fingerprint density at radius 1 is 1.03 bits per heavy atom. The van der Waals surface area contributed by atoms with Crippen LogP contribution in [0.15, 0.2) is 0 Å². The second-order valence-electron chi connectivity index (χ2n) is 10.4. The first-order valence-electron chi connectivity index (χ1n) is 12.5. The smallest absolute Gasteiger partial charge is 0.159 e. The standard InChI is InChI=1S/C24H47NO5.CH3AsO/c1-10-20(29-21-11-15(4)23(26)18(7)28-21)17(6)24(14(2)3)30-22-13-19(25(8)9)12-16(5)27-22;1-2-3/h14-24,26H,10-13H2,1-9H3;3H,1H2/t15-,16?,17?,18?,19?,20?,21?,22?,23+,24-;/m0./s1. The topological polar surface area (TPSA) is 80.6 Å². The number of aliphatic hydroxyl groups excluding tert-OH is 1. The fourth-order valence-corrected chi connectivity index (χ4v) is 5.01. The van der Waals surface area contributed by atoms with Gasteiger partial charge in [-0.1, -0.05) is 34.6 Å². The third-order valence-electron chi connectivity index (χ3n) is 6.98. The van der Waals surface area contributed by atoms with Crippen LogP contribution in [-0.4, -0.2) is 98.3 Å². The van der Waals surface area contributed by atoms with Crippen LogP contribution in [0, 0.1) is 17.8 Å². The molecule has 0 spiro atoms. The molecular weight excluding hydrogens is 485 g/mol. The summed E-state index contributed by atoms with van der Waals surface area (Å²) < 4.78 is 32.7. The van der Waals surface area contributed by atoms with Gasteiger partial charge in [-0.2, -0.15) is 0 Å². The maximum Gasteiger partial charge on any atom is 0.159 e. The average Bonchev–Trinajstić information content (AvgIpc) is 2.73. The molecule has 10 atom stereocenters. The van der Waals surface area contributed by atoms with Gasteiger partial charge in [-0.25, -0.2) is 0 Å². The van der Waals surface area contributed by atoms with Crippen molar-refractivity contribution in [3.05, 3.63) is 0 Å². The van der Waals surface area contributed by atoms with Crippen LogP contribution in [0.3, 0.4) is 0 Å². The first-order valence-corrected chi connectivity index (χ1v) is 14.7. The normalized spacial score (nSPS) is 35.7. The fourth-order valence-electron chi connectivity index (χ4n) is 5.01. The minimum Gasteiger partial charge on any atom is -0.390 e. The molecule has 0 aromatic rings. The van der Waals surface area contributed by atoms with Gasteiger partial charge in [0.2, 0.25) is 0 Å². The van der Waals surface area contributed by atoms with Crippen LogP contribution >= 0.6 is 0 Å². The second-order valence-corrected chi connectivity index (χ2v) is 11.0. The molecule has 0 radical (unpaired) electrons. The molecule has 2 saturated heterocycles. The molecule has 2 rings (SSSR count). The van der Waals surface area contributed by atoms with E-state index in [1.54, 1.807) is 0 Å². The Morgan fingerprint density at radius 2 is 1.61 bits per heavy atom. The van der Waals surface area contributed by atoms with E-state index in [1.165, 1.54) is 0 Å². The molecule has 0 bridgehead atoms. The predicted octanol–water partition coefficient (Wildman–Crippen LogP) is 3.08. The van der Waals surface area contributed by atoms with Gasteiger partial charge in [0.05, 0.1) is 30.5 Å². The fraction of sp³-hybridized carbons (Fsp3) is 0.960. The first-order chi connectivity index (χ1) is 15.4. The third kappa shape index (κ3) is 9.97. The van der Waals surface area contributed by atoms with E-state index in [9.17, 15) is 5.11 Å². The van der Waals surface area contributed by atoms with Gasteiger partial charge in [-0.3, -0.25) is 0 Å². The van der Waals surface area contributed by atoms with E-state index >= 15 is 0 Å². The maximum atomic E-state index is 10.2. The van der Waals surface area contributed by atoms with Crippen molar-refractivity contribution in [1.29, 1.82) is 0 Å². The van der Waals surface area contributed by atoms with Crippen molar-refractivity contribution < 1.29 is 28.1 Å². The van der Waals surface area contributed by atoms with Gasteiger partial charge in [0.1, 0.15) is 0 Å². The Bertz CT molecular complexity index is 539. The van der Waals surface area contributed by atoms with E-state index in [0.29, 0.717) is 12.0 Å². The number of ether oxygens (including phenoxy) is 4. The molecule has 0 amide bonds. The van der Waals surface area contributed by atoms with Gasteiger partial charge < -0.3 is 29.0 Å². The molecule has 2 fully saturated rings. The zero-order valence-corrected chi connectivity index (χ0v) is 24.2. The summed E-state index contributed by atoms with van der Waals surface area (Å²) in [6.45, 7) is 14.9. The van der Waals surface area contributed by atoms with Crippen LogP contribution in [0.4, 0.5) is 0 Å². The monoisotopic (exact) mass is 535 g/mol. The molecule has 2 aliphatic rings. The van der Waals surface area contributed by atoms with Gasteiger partial charge in [-0.05, 0) is 52.6 Å². The molecule has 0 aliphatic carbocycles. The number of nitrogens with zero attached hydrogens (tertiary/aromatic N) is 1. The quantitative estimate of drug-likeness (QED) is 0.440. The molecule has 33 heavy (non-hydrogen) atoms. The SMILES string of the molecule is C=[As]O.CCC(OC1C[C@H](C)[C@@H](O)C(C)O1)C(C)[C@@H](OC1CC(N(C)C)CC(C)O1)C(C)C. The molecule has 0 saturated carbocycles. The largest absolute Gasteiger partial charge is 0.390 e. The minimum atomic E-state index is -0.562. The Balaban J connectivity index is 0.00000172. The molecule has 8 heteroatoms. The predicted molar refractivity (Wildman–Crippen MR) is 134 cm³/mol. The van der Waals surface area contributed by atoms with Crippen LogP contribution in [0.25, 0.3) is 0 Å². The molecule has 2 aliphatic heterocycles. The van der Waals surface area contributed by atoms with Gasteiger partial charge in [0, 0.05) is 24.8 Å². The summed E-state index contributed by atoms with van der Waals surface area (Å²) in [5.74, 6) is 0.724. The van der Waals surface area contributed by atoms with E-state index in [1.807, 2.05) is 6.92 Å². The summed E-state index contributed by atoms with van der Waals surface area (Å²) in [4.78, 5) is 2.28. The number of hydrogen-bond donors (Lipinski definition) is 2. The zero-order chi connectivity index (χ0) is 25.3. The zero-order valence-electron chi connectivity index (χ0n) is 22.3. The number of aliphatic hydroxyl groups is 1. The summed E-state index contributed by atoms with van der Waals surface area (Å²) in [6, 6.07) is 0.477. The van der Waals surface area contributed by atoms with E-state index in [4.69, 9.17) is 23.0 Å². The molecule has 0 aromatic carbocycles. The van der Waals surface area contributed by atoms with E-state index in [2.05, 4.69) is 65.8 Å². The van der Waals surface area contributed by atoms with Crippen LogP contribution in [0.2, 0.25) is 0 Å². The van der Waals surface area contributed by atoms with E-state index in [0.717, 1.165) is 25.7 Å². The summed E-state index contributed by atoms with van der Waals surface area (Å²) >= 11 is -0.562. The minimum absolute atomic E-state index is 0.0303. The second kappa shape index (κ2) is 15.3. The maximum absolute atomic E-state index is 10.2. The summed E-state index contributed by atoms with van der Waals surface area (Å²) in [6.07, 6.45) is 2.71. The summed E-state index contributed by atoms with van der Waals surface area (Å²) in [7, 11) is 4.26. The first kappa shape index (κ1) is 31.2. The van der Waals surface area contributed by atoms with Crippen LogP contribution < -0.4 is 0 Å². The Morgan fingerprint density at radius 3 is 2.09 bits per heavy atom. The summed E-state index contributed by atoms with van der Waals surface area (Å²) in [5, 5.41) is 13.3.